The molecule has 11 rings (SSSR count). The molecule has 1 aromatic heterocycles. The minimum atomic E-state index is 0.535. The fourth-order valence-corrected chi connectivity index (χ4v) is 8.82. The van der Waals surface area contributed by atoms with Crippen LogP contribution in [0.2, 0.25) is 0 Å². The second kappa shape index (κ2) is 17.1. The van der Waals surface area contributed by atoms with Crippen molar-refractivity contribution in [2.24, 2.45) is 0 Å². The van der Waals surface area contributed by atoms with Gasteiger partial charge in [-0.15, -0.1) is 0 Å². The van der Waals surface area contributed by atoms with Gasteiger partial charge in [0.25, 0.3) is 0 Å². The minimum absolute atomic E-state index is 0.535. The van der Waals surface area contributed by atoms with Gasteiger partial charge < -0.3 is 0 Å². The number of nitriles is 2. The molecule has 0 radical (unpaired) electrons. The number of nitrogens with zero attached hydrogens (tertiary/aromatic N) is 5. The Morgan fingerprint density at radius 3 is 1.41 bits per heavy atom. The molecule has 0 aliphatic carbocycles. The van der Waals surface area contributed by atoms with Crippen LogP contribution in [-0.2, 0) is 0 Å². The van der Waals surface area contributed by atoms with Crippen molar-refractivity contribution in [2.75, 3.05) is 0 Å². The Balaban J connectivity index is 0.991. The second-order valence-electron chi connectivity index (χ2n) is 16.2. The Labute approximate surface area is 382 Å². The molecular weight excluding hydrogens is 803 g/mol. The van der Waals surface area contributed by atoms with Gasteiger partial charge in [-0.05, 0) is 120 Å². The maximum Gasteiger partial charge on any atom is 0.164 e. The van der Waals surface area contributed by atoms with E-state index in [0.29, 0.717) is 28.6 Å². The van der Waals surface area contributed by atoms with Crippen molar-refractivity contribution in [1.82, 2.24) is 15.0 Å². The summed E-state index contributed by atoms with van der Waals surface area (Å²) in [5.41, 5.74) is 14.1. The van der Waals surface area contributed by atoms with E-state index in [1.165, 1.54) is 21.5 Å². The van der Waals surface area contributed by atoms with Gasteiger partial charge in [0, 0.05) is 16.7 Å². The van der Waals surface area contributed by atoms with Crippen LogP contribution in [0.25, 0.3) is 111 Å². The highest BCUT2D eigenvalue weighted by atomic mass is 15.0. The molecule has 5 heteroatoms. The average Bonchev–Trinajstić information content (AvgIpc) is 3.40. The Bertz CT molecular complexity index is 3710. The molecule has 11 aromatic rings. The van der Waals surface area contributed by atoms with Gasteiger partial charge in [0.05, 0.1) is 23.3 Å². The number of hydrogen-bond donors (Lipinski definition) is 0. The van der Waals surface area contributed by atoms with Gasteiger partial charge in [-0.3, -0.25) is 0 Å². The zero-order valence-electron chi connectivity index (χ0n) is 35.6. The molecule has 0 aliphatic heterocycles. The standard InChI is InChI=1S/C61H37N5/c62-38-40-20-23-42(24-21-40)43-25-30-47(31-26-43)60-64-59(46-11-2-1-3-12-46)65-61(66-60)56-19-7-6-18-54(56)55-33-22-41(39-63)34-57(55)52-16-9-15-50(36-52)48-13-8-14-49(35-48)51-32-29-45-28-27-44-10-4-5-17-53(44)58(45)37-51/h1-37H. The minimum Gasteiger partial charge on any atom is -0.208 e. The summed E-state index contributed by atoms with van der Waals surface area (Å²) in [6.07, 6.45) is 0. The second-order valence-corrected chi connectivity index (χ2v) is 16.2. The monoisotopic (exact) mass is 839 g/mol. The van der Waals surface area contributed by atoms with E-state index < -0.39 is 0 Å². The summed E-state index contributed by atoms with van der Waals surface area (Å²) in [5.74, 6) is 1.65. The van der Waals surface area contributed by atoms with Crippen LogP contribution in [0.5, 0.6) is 0 Å². The lowest BCUT2D eigenvalue weighted by Gasteiger charge is -2.16. The molecule has 0 saturated heterocycles. The highest BCUT2D eigenvalue weighted by Gasteiger charge is 2.19. The number of rotatable bonds is 8. The normalized spacial score (nSPS) is 11.0. The molecule has 1 heterocycles. The van der Waals surface area contributed by atoms with Crippen LogP contribution in [0.15, 0.2) is 224 Å². The van der Waals surface area contributed by atoms with Crippen LogP contribution in [0, 0.1) is 22.7 Å². The van der Waals surface area contributed by atoms with Gasteiger partial charge in [0.15, 0.2) is 17.5 Å². The van der Waals surface area contributed by atoms with E-state index in [4.69, 9.17) is 15.0 Å². The molecule has 0 bridgehead atoms. The van der Waals surface area contributed by atoms with Crippen LogP contribution >= 0.6 is 0 Å². The largest absolute Gasteiger partial charge is 0.208 e. The van der Waals surface area contributed by atoms with E-state index in [9.17, 15) is 10.5 Å². The number of benzene rings is 10. The average molecular weight is 840 g/mol. The lowest BCUT2D eigenvalue weighted by atomic mass is 9.89. The van der Waals surface area contributed by atoms with Gasteiger partial charge in [-0.1, -0.05) is 182 Å². The first kappa shape index (κ1) is 39.5. The molecule has 0 amide bonds. The summed E-state index contributed by atoms with van der Waals surface area (Å²) in [6, 6.07) is 81.3. The van der Waals surface area contributed by atoms with Crippen LogP contribution in [-0.4, -0.2) is 15.0 Å². The molecule has 0 atom stereocenters. The molecule has 10 aromatic carbocycles. The summed E-state index contributed by atoms with van der Waals surface area (Å²) in [5, 5.41) is 24.4. The van der Waals surface area contributed by atoms with Crippen molar-refractivity contribution < 1.29 is 0 Å². The van der Waals surface area contributed by atoms with Gasteiger partial charge >= 0.3 is 0 Å². The maximum absolute atomic E-state index is 10.2. The third-order valence-electron chi connectivity index (χ3n) is 12.2. The lowest BCUT2D eigenvalue weighted by Crippen LogP contribution is -2.01. The van der Waals surface area contributed by atoms with E-state index in [-0.39, 0.29) is 0 Å². The first-order valence-corrected chi connectivity index (χ1v) is 21.8. The molecule has 0 unspecified atom stereocenters. The molecule has 66 heavy (non-hydrogen) atoms. The summed E-state index contributed by atoms with van der Waals surface area (Å²) in [6.45, 7) is 0. The number of fused-ring (bicyclic) bond motifs is 3. The maximum atomic E-state index is 10.2. The summed E-state index contributed by atoms with van der Waals surface area (Å²) in [7, 11) is 0. The van der Waals surface area contributed by atoms with Crippen LogP contribution in [0.4, 0.5) is 0 Å². The Hall–Kier alpha value is -9.29. The Morgan fingerprint density at radius 2 is 0.712 bits per heavy atom. The molecule has 0 spiro atoms. The highest BCUT2D eigenvalue weighted by Crippen LogP contribution is 2.40. The van der Waals surface area contributed by atoms with Crippen LogP contribution < -0.4 is 0 Å². The van der Waals surface area contributed by atoms with Gasteiger partial charge in [0.1, 0.15) is 0 Å². The molecule has 0 fully saturated rings. The van der Waals surface area contributed by atoms with E-state index in [0.717, 1.165) is 72.3 Å². The van der Waals surface area contributed by atoms with Gasteiger partial charge in [0.2, 0.25) is 0 Å². The molecular formula is C61H37N5. The number of aromatic nitrogens is 3. The van der Waals surface area contributed by atoms with Crippen LogP contribution in [0.1, 0.15) is 11.1 Å². The van der Waals surface area contributed by atoms with Crippen molar-refractivity contribution in [1.29, 1.82) is 10.5 Å². The fraction of sp³-hybridized carbons (Fsp3) is 0. The smallest absolute Gasteiger partial charge is 0.164 e. The van der Waals surface area contributed by atoms with Gasteiger partial charge in [-0.2, -0.15) is 10.5 Å². The lowest BCUT2D eigenvalue weighted by molar-refractivity contribution is 1.07. The van der Waals surface area contributed by atoms with Crippen LogP contribution in [0.3, 0.4) is 0 Å². The Kier molecular flexibility index (Phi) is 10.3. The predicted octanol–water partition coefficient (Wildman–Crippen LogP) is 15.3. The molecule has 306 valence electrons. The predicted molar refractivity (Wildman–Crippen MR) is 268 cm³/mol. The molecule has 0 aliphatic rings. The van der Waals surface area contributed by atoms with Crippen molar-refractivity contribution in [3.63, 3.8) is 0 Å². The quantitative estimate of drug-likeness (QED) is 0.142. The first-order valence-electron chi connectivity index (χ1n) is 21.8. The topological polar surface area (TPSA) is 86.2 Å². The third kappa shape index (κ3) is 7.64. The third-order valence-corrected chi connectivity index (χ3v) is 12.2. The van der Waals surface area contributed by atoms with Gasteiger partial charge in [-0.25, -0.2) is 15.0 Å². The fourth-order valence-electron chi connectivity index (χ4n) is 8.82. The van der Waals surface area contributed by atoms with E-state index >= 15 is 0 Å². The van der Waals surface area contributed by atoms with E-state index in [1.807, 2.05) is 97.1 Å². The number of hydrogen-bond acceptors (Lipinski definition) is 5. The van der Waals surface area contributed by atoms with Crippen molar-refractivity contribution >= 4 is 21.5 Å². The highest BCUT2D eigenvalue weighted by molar-refractivity contribution is 6.08. The Morgan fingerprint density at radius 1 is 0.258 bits per heavy atom. The SMILES string of the molecule is N#Cc1ccc(-c2ccc(-c3nc(-c4ccccc4)nc(-c4ccccc4-c4ccc(C#N)cc4-c4cccc(-c5cccc(-c6ccc7ccc8ccccc8c7c6)c5)c4)n3)cc2)cc1. The molecule has 5 nitrogen and oxygen atoms in total. The first-order chi connectivity index (χ1) is 32.6. The van der Waals surface area contributed by atoms with Crippen molar-refractivity contribution in [2.45, 2.75) is 0 Å². The summed E-state index contributed by atoms with van der Waals surface area (Å²) < 4.78 is 0. The van der Waals surface area contributed by atoms with Crippen molar-refractivity contribution in [3.05, 3.63) is 236 Å². The zero-order valence-corrected chi connectivity index (χ0v) is 35.6. The van der Waals surface area contributed by atoms with E-state index in [2.05, 4.69) is 140 Å². The zero-order chi connectivity index (χ0) is 44.4. The summed E-state index contributed by atoms with van der Waals surface area (Å²) in [4.78, 5) is 15.3. The van der Waals surface area contributed by atoms with E-state index in [1.54, 1.807) is 0 Å². The van der Waals surface area contributed by atoms with Crippen molar-refractivity contribution in [3.8, 4) is 102 Å². The molecule has 0 N–H and O–H groups in total. The summed E-state index contributed by atoms with van der Waals surface area (Å²) >= 11 is 0. The molecule has 0 saturated carbocycles.